The van der Waals surface area contributed by atoms with Crippen molar-refractivity contribution < 1.29 is 0 Å². The minimum atomic E-state index is 0.459. The number of hydrogen-bond acceptors (Lipinski definition) is 2. The summed E-state index contributed by atoms with van der Waals surface area (Å²) in [4.78, 5) is 0. The van der Waals surface area contributed by atoms with Gasteiger partial charge in [-0.15, -0.1) is 0 Å². The minimum absolute atomic E-state index is 0.459. The highest BCUT2D eigenvalue weighted by Crippen LogP contribution is 2.25. The second-order valence-corrected chi connectivity index (χ2v) is 4.99. The predicted molar refractivity (Wildman–Crippen MR) is 65.8 cm³/mol. The van der Waals surface area contributed by atoms with E-state index in [9.17, 15) is 0 Å². The van der Waals surface area contributed by atoms with Crippen molar-refractivity contribution in [3.05, 3.63) is 35.9 Å². The molecule has 1 aromatic rings. The number of thioether (sulfide) groups is 1. The second kappa shape index (κ2) is 6.10. The first kappa shape index (κ1) is 11.6. The molecule has 0 spiro atoms. The van der Waals surface area contributed by atoms with Crippen LogP contribution in [-0.4, -0.2) is 18.1 Å². The van der Waals surface area contributed by atoms with E-state index in [2.05, 4.69) is 49.5 Å². The van der Waals surface area contributed by atoms with Gasteiger partial charge in [0, 0.05) is 11.3 Å². The van der Waals surface area contributed by atoms with Crippen molar-refractivity contribution in [2.75, 3.05) is 12.8 Å². The van der Waals surface area contributed by atoms with Gasteiger partial charge in [-0.1, -0.05) is 44.2 Å². The van der Waals surface area contributed by atoms with Gasteiger partial charge >= 0.3 is 0 Å². The Labute approximate surface area is 91.3 Å². The first-order valence-corrected chi connectivity index (χ1v) is 6.18. The Balaban J connectivity index is 2.71. The highest BCUT2D eigenvalue weighted by molar-refractivity contribution is 7.99. The molecule has 0 aliphatic rings. The predicted octanol–water partition coefficient (Wildman–Crippen LogP) is 3.09. The lowest BCUT2D eigenvalue weighted by molar-refractivity contribution is 0.589. The molecule has 0 saturated heterocycles. The number of rotatable bonds is 5. The van der Waals surface area contributed by atoms with Crippen LogP contribution >= 0.6 is 11.8 Å². The second-order valence-electron chi connectivity index (χ2n) is 3.34. The fourth-order valence-electron chi connectivity index (χ4n) is 1.69. The van der Waals surface area contributed by atoms with Gasteiger partial charge in [0.25, 0.3) is 0 Å². The molecular weight excluding hydrogens is 190 g/mol. The molecule has 0 bridgehead atoms. The van der Waals surface area contributed by atoms with Gasteiger partial charge in [0.1, 0.15) is 0 Å². The van der Waals surface area contributed by atoms with Crippen LogP contribution in [0.2, 0.25) is 0 Å². The largest absolute Gasteiger partial charge is 0.312 e. The van der Waals surface area contributed by atoms with Gasteiger partial charge in [0.15, 0.2) is 0 Å². The topological polar surface area (TPSA) is 12.0 Å². The van der Waals surface area contributed by atoms with Crippen LogP contribution < -0.4 is 5.32 Å². The van der Waals surface area contributed by atoms with Crippen molar-refractivity contribution in [2.24, 2.45) is 0 Å². The molecule has 0 aliphatic heterocycles. The van der Waals surface area contributed by atoms with Crippen molar-refractivity contribution in [3.63, 3.8) is 0 Å². The molecule has 0 saturated carbocycles. The van der Waals surface area contributed by atoms with E-state index in [4.69, 9.17) is 0 Å². The normalized spacial score (nSPS) is 15.1. The first-order valence-electron chi connectivity index (χ1n) is 5.13. The van der Waals surface area contributed by atoms with Gasteiger partial charge in [0.2, 0.25) is 0 Å². The zero-order chi connectivity index (χ0) is 10.4. The fraction of sp³-hybridized carbons (Fsp3) is 0.500. The quantitative estimate of drug-likeness (QED) is 0.800. The van der Waals surface area contributed by atoms with E-state index in [1.54, 1.807) is 0 Å². The van der Waals surface area contributed by atoms with Gasteiger partial charge < -0.3 is 5.32 Å². The van der Waals surface area contributed by atoms with E-state index in [0.29, 0.717) is 11.3 Å². The SMILES string of the molecule is CCSC(C)C(NC)c1ccccc1. The van der Waals surface area contributed by atoms with Crippen molar-refractivity contribution >= 4 is 11.8 Å². The van der Waals surface area contributed by atoms with E-state index in [-0.39, 0.29) is 0 Å². The Morgan fingerprint density at radius 2 is 1.93 bits per heavy atom. The van der Waals surface area contributed by atoms with Gasteiger partial charge in [-0.2, -0.15) is 11.8 Å². The molecule has 14 heavy (non-hydrogen) atoms. The smallest absolute Gasteiger partial charge is 0.0435 e. The standard InChI is InChI=1S/C12H19NS/c1-4-14-10(2)12(13-3)11-8-6-5-7-9-11/h5-10,12-13H,4H2,1-3H3. The van der Waals surface area contributed by atoms with Crippen LogP contribution in [0.1, 0.15) is 25.5 Å². The Hall–Kier alpha value is -0.470. The molecular formula is C12H19NS. The summed E-state index contributed by atoms with van der Waals surface area (Å²) >= 11 is 2.00. The van der Waals surface area contributed by atoms with Gasteiger partial charge in [-0.3, -0.25) is 0 Å². The average molecular weight is 209 g/mol. The van der Waals surface area contributed by atoms with Gasteiger partial charge in [-0.25, -0.2) is 0 Å². The number of nitrogens with one attached hydrogen (secondary N) is 1. The minimum Gasteiger partial charge on any atom is -0.312 e. The molecule has 2 unspecified atom stereocenters. The molecule has 1 N–H and O–H groups in total. The summed E-state index contributed by atoms with van der Waals surface area (Å²) in [6, 6.07) is 11.1. The van der Waals surface area contributed by atoms with Crippen LogP contribution in [-0.2, 0) is 0 Å². The highest BCUT2D eigenvalue weighted by Gasteiger charge is 2.16. The maximum Gasteiger partial charge on any atom is 0.0435 e. The van der Waals surface area contributed by atoms with E-state index in [0.717, 1.165) is 0 Å². The average Bonchev–Trinajstić information content (AvgIpc) is 2.21. The summed E-state index contributed by atoms with van der Waals surface area (Å²) in [7, 11) is 2.03. The Morgan fingerprint density at radius 1 is 1.29 bits per heavy atom. The summed E-state index contributed by atoms with van der Waals surface area (Å²) in [6.45, 7) is 4.49. The van der Waals surface area contributed by atoms with Crippen molar-refractivity contribution in [1.82, 2.24) is 5.32 Å². The molecule has 0 amide bonds. The lowest BCUT2D eigenvalue weighted by Gasteiger charge is -2.23. The van der Waals surface area contributed by atoms with Crippen LogP contribution in [0, 0.1) is 0 Å². The van der Waals surface area contributed by atoms with Crippen molar-refractivity contribution in [2.45, 2.75) is 25.1 Å². The fourth-order valence-corrected chi connectivity index (χ4v) is 2.70. The number of hydrogen-bond donors (Lipinski definition) is 1. The highest BCUT2D eigenvalue weighted by atomic mass is 32.2. The number of benzene rings is 1. The molecule has 0 aliphatic carbocycles. The van der Waals surface area contributed by atoms with E-state index in [1.807, 2.05) is 18.8 Å². The molecule has 0 aromatic heterocycles. The van der Waals surface area contributed by atoms with Crippen LogP contribution in [0.25, 0.3) is 0 Å². The first-order chi connectivity index (χ1) is 6.79. The lowest BCUT2D eigenvalue weighted by atomic mass is 10.0. The van der Waals surface area contributed by atoms with E-state index >= 15 is 0 Å². The monoisotopic (exact) mass is 209 g/mol. The Morgan fingerprint density at radius 3 is 2.43 bits per heavy atom. The summed E-state index contributed by atoms with van der Waals surface area (Å²) in [5, 5.41) is 4.00. The lowest BCUT2D eigenvalue weighted by Crippen LogP contribution is -2.25. The summed E-state index contributed by atoms with van der Waals surface area (Å²) in [5.74, 6) is 1.17. The zero-order valence-corrected chi connectivity index (χ0v) is 9.97. The maximum atomic E-state index is 3.38. The third-order valence-corrected chi connectivity index (χ3v) is 3.50. The molecule has 2 heteroatoms. The molecule has 1 aromatic carbocycles. The molecule has 2 atom stereocenters. The van der Waals surface area contributed by atoms with Gasteiger partial charge in [0.05, 0.1) is 0 Å². The third-order valence-electron chi connectivity index (χ3n) is 2.37. The molecule has 1 rings (SSSR count). The van der Waals surface area contributed by atoms with Crippen molar-refractivity contribution in [1.29, 1.82) is 0 Å². The summed E-state index contributed by atoms with van der Waals surface area (Å²) in [6.07, 6.45) is 0. The summed E-state index contributed by atoms with van der Waals surface area (Å²) in [5.41, 5.74) is 1.38. The van der Waals surface area contributed by atoms with Crippen LogP contribution in [0.3, 0.4) is 0 Å². The molecule has 0 radical (unpaired) electrons. The molecule has 0 fully saturated rings. The Kier molecular flexibility index (Phi) is 5.05. The third kappa shape index (κ3) is 3.03. The molecule has 0 heterocycles. The van der Waals surface area contributed by atoms with E-state index in [1.165, 1.54) is 11.3 Å². The van der Waals surface area contributed by atoms with Crippen molar-refractivity contribution in [3.8, 4) is 0 Å². The summed E-state index contributed by atoms with van der Waals surface area (Å²) < 4.78 is 0. The molecule has 78 valence electrons. The van der Waals surface area contributed by atoms with Crippen LogP contribution in [0.5, 0.6) is 0 Å². The van der Waals surface area contributed by atoms with Crippen LogP contribution in [0.15, 0.2) is 30.3 Å². The van der Waals surface area contributed by atoms with E-state index < -0.39 is 0 Å². The molecule has 1 nitrogen and oxygen atoms in total. The zero-order valence-electron chi connectivity index (χ0n) is 9.16. The van der Waals surface area contributed by atoms with Crippen LogP contribution in [0.4, 0.5) is 0 Å². The maximum absolute atomic E-state index is 3.38. The van der Waals surface area contributed by atoms with Gasteiger partial charge in [-0.05, 0) is 18.4 Å². The Bertz CT molecular complexity index is 248.